The van der Waals surface area contributed by atoms with Crippen molar-refractivity contribution >= 4 is 70.4 Å². The Kier molecular flexibility index (Phi) is 7.16. The van der Waals surface area contributed by atoms with Crippen molar-refractivity contribution in [3.05, 3.63) is 175 Å². The Morgan fingerprint density at radius 3 is 1.95 bits per heavy atom. The first-order valence-electron chi connectivity index (χ1n) is 19.3. The quantitative estimate of drug-likeness (QED) is 0.176. The maximum Gasteiger partial charge on any atom is 0.165 e. The van der Waals surface area contributed by atoms with Gasteiger partial charge in [0.15, 0.2) is 17.5 Å². The lowest BCUT2D eigenvalue weighted by Gasteiger charge is -2.13. The summed E-state index contributed by atoms with van der Waals surface area (Å²) in [6.07, 6.45) is 6.30. The molecule has 0 aliphatic heterocycles. The van der Waals surface area contributed by atoms with Gasteiger partial charge in [0.25, 0.3) is 0 Å². The van der Waals surface area contributed by atoms with E-state index >= 15 is 0 Å². The van der Waals surface area contributed by atoms with Crippen LogP contribution >= 0.6 is 11.3 Å². The zero-order valence-electron chi connectivity index (χ0n) is 30.7. The van der Waals surface area contributed by atoms with E-state index in [0.717, 1.165) is 62.3 Å². The molecule has 12 rings (SSSR count). The highest BCUT2D eigenvalue weighted by molar-refractivity contribution is 7.26. The van der Waals surface area contributed by atoms with E-state index in [1.165, 1.54) is 48.3 Å². The Labute approximate surface area is 331 Å². The first-order valence-corrected chi connectivity index (χ1v) is 20.1. The molecule has 6 heteroatoms. The number of allylic oxidation sites excluding steroid dienone is 1. The second-order valence-corrected chi connectivity index (χ2v) is 15.7. The molecule has 0 amide bonds. The van der Waals surface area contributed by atoms with Gasteiger partial charge >= 0.3 is 0 Å². The molecular formula is C51H32N4OS. The Bertz CT molecular complexity index is 3340. The third-order valence-corrected chi connectivity index (χ3v) is 12.5. The number of fused-ring (bicyclic) bond motifs is 10. The molecule has 7 aromatic carbocycles. The largest absolute Gasteiger partial charge is 0.456 e. The molecule has 0 radical (unpaired) electrons. The number of thiophene rings is 1. The van der Waals surface area contributed by atoms with Crippen molar-refractivity contribution in [1.29, 1.82) is 0 Å². The van der Waals surface area contributed by atoms with Gasteiger partial charge in [-0.1, -0.05) is 127 Å². The fourth-order valence-corrected chi connectivity index (χ4v) is 10.0. The van der Waals surface area contributed by atoms with E-state index in [0.29, 0.717) is 17.5 Å². The SMILES string of the molecule is C1=Cc2oc3ccc4sc5c(-c6nc(-c7ccccc7)nc(-c7ccccc7)n6)cc(-n6c7ccccc7c7c(-c8ccccc8)cccc76)cc5c4c3c2CC1. The van der Waals surface area contributed by atoms with Crippen LogP contribution in [0.4, 0.5) is 0 Å². The molecule has 0 spiro atoms. The predicted molar refractivity (Wildman–Crippen MR) is 236 cm³/mol. The molecule has 5 nitrogen and oxygen atoms in total. The van der Waals surface area contributed by atoms with Crippen molar-refractivity contribution in [3.8, 4) is 51.0 Å². The summed E-state index contributed by atoms with van der Waals surface area (Å²) in [5.41, 5.74) is 10.8. The molecule has 57 heavy (non-hydrogen) atoms. The average molecular weight is 749 g/mol. The second-order valence-electron chi connectivity index (χ2n) is 14.6. The Morgan fingerprint density at radius 1 is 0.526 bits per heavy atom. The van der Waals surface area contributed by atoms with E-state index in [1.54, 1.807) is 11.3 Å². The minimum absolute atomic E-state index is 0.639. The number of furan rings is 1. The molecule has 0 saturated heterocycles. The molecule has 0 N–H and O–H groups in total. The average Bonchev–Trinajstić information content (AvgIpc) is 3.96. The van der Waals surface area contributed by atoms with Gasteiger partial charge in [-0.25, -0.2) is 15.0 Å². The van der Waals surface area contributed by atoms with E-state index in [2.05, 4.69) is 138 Å². The molecule has 0 saturated carbocycles. The fraction of sp³-hybridized carbons (Fsp3) is 0.0392. The molecule has 0 atom stereocenters. The first-order chi connectivity index (χ1) is 28.3. The number of aromatic nitrogens is 4. The lowest BCUT2D eigenvalue weighted by molar-refractivity contribution is 0.595. The van der Waals surface area contributed by atoms with E-state index < -0.39 is 0 Å². The number of hydrogen-bond acceptors (Lipinski definition) is 5. The van der Waals surface area contributed by atoms with E-state index in [9.17, 15) is 0 Å². The normalized spacial score (nSPS) is 12.7. The van der Waals surface area contributed by atoms with Gasteiger partial charge in [0.05, 0.1) is 11.0 Å². The molecular weight excluding hydrogens is 717 g/mol. The molecule has 268 valence electrons. The lowest BCUT2D eigenvalue weighted by Crippen LogP contribution is -2.01. The number of hydrogen-bond donors (Lipinski definition) is 0. The lowest BCUT2D eigenvalue weighted by atomic mass is 9.97. The van der Waals surface area contributed by atoms with Crippen molar-refractivity contribution in [2.24, 2.45) is 0 Å². The summed E-state index contributed by atoms with van der Waals surface area (Å²) in [6.45, 7) is 0. The standard InChI is InChI=1S/C51H32N4OS/c1-4-15-31(16-5-1)35-23-14-25-41-45(35)36-21-10-12-24-40(36)55(41)34-29-38-47-44(28-27-43-46(47)37-22-11-13-26-42(37)56-43)57-48(38)39(30-34)51-53-49(32-17-6-2-7-18-32)52-50(54-51)33-19-8-3-9-20-33/h1-10,12-21,23-30H,11,22H2. The van der Waals surface area contributed by atoms with E-state index in [4.69, 9.17) is 19.4 Å². The van der Waals surface area contributed by atoms with Crippen molar-refractivity contribution < 1.29 is 4.42 Å². The summed E-state index contributed by atoms with van der Waals surface area (Å²) in [5.74, 6) is 2.89. The summed E-state index contributed by atoms with van der Waals surface area (Å²) in [4.78, 5) is 15.6. The second kappa shape index (κ2) is 12.7. The number of aryl methyl sites for hydroxylation is 1. The molecule has 4 heterocycles. The van der Waals surface area contributed by atoms with Crippen molar-refractivity contribution in [2.75, 3.05) is 0 Å². The number of rotatable bonds is 5. The molecule has 0 bridgehead atoms. The summed E-state index contributed by atoms with van der Waals surface area (Å²) in [6, 6.07) is 55.6. The molecule has 11 aromatic rings. The van der Waals surface area contributed by atoms with Crippen LogP contribution in [0.1, 0.15) is 17.7 Å². The van der Waals surface area contributed by atoms with Crippen LogP contribution in [-0.4, -0.2) is 19.5 Å². The van der Waals surface area contributed by atoms with Crippen LogP contribution in [0.3, 0.4) is 0 Å². The summed E-state index contributed by atoms with van der Waals surface area (Å²) in [7, 11) is 0. The van der Waals surface area contributed by atoms with Gasteiger partial charge in [0.2, 0.25) is 0 Å². The van der Waals surface area contributed by atoms with Gasteiger partial charge < -0.3 is 8.98 Å². The van der Waals surface area contributed by atoms with Crippen LogP contribution < -0.4 is 0 Å². The van der Waals surface area contributed by atoms with Crippen LogP contribution in [0.25, 0.3) is 110 Å². The maximum absolute atomic E-state index is 6.51. The highest BCUT2D eigenvalue weighted by Crippen LogP contribution is 2.48. The molecule has 0 unspecified atom stereocenters. The fourth-order valence-electron chi connectivity index (χ4n) is 8.80. The van der Waals surface area contributed by atoms with E-state index in [-0.39, 0.29) is 0 Å². The van der Waals surface area contributed by atoms with Gasteiger partial charge in [-0.05, 0) is 66.4 Å². The summed E-state index contributed by atoms with van der Waals surface area (Å²) < 4.78 is 11.3. The minimum atomic E-state index is 0.639. The van der Waals surface area contributed by atoms with Crippen molar-refractivity contribution in [1.82, 2.24) is 19.5 Å². The highest BCUT2D eigenvalue weighted by atomic mass is 32.1. The minimum Gasteiger partial charge on any atom is -0.456 e. The highest BCUT2D eigenvalue weighted by Gasteiger charge is 2.25. The van der Waals surface area contributed by atoms with Crippen molar-refractivity contribution in [3.63, 3.8) is 0 Å². The third kappa shape index (κ3) is 5.04. The monoisotopic (exact) mass is 748 g/mol. The first kappa shape index (κ1) is 32.1. The smallest absolute Gasteiger partial charge is 0.165 e. The molecule has 1 aliphatic carbocycles. The Balaban J connectivity index is 1.22. The maximum atomic E-state index is 6.51. The van der Waals surface area contributed by atoms with Gasteiger partial charge in [-0.15, -0.1) is 11.3 Å². The Morgan fingerprint density at radius 2 is 1.19 bits per heavy atom. The third-order valence-electron chi connectivity index (χ3n) is 11.3. The van der Waals surface area contributed by atoms with Crippen LogP contribution in [0.5, 0.6) is 0 Å². The van der Waals surface area contributed by atoms with Crippen LogP contribution in [-0.2, 0) is 6.42 Å². The van der Waals surface area contributed by atoms with Gasteiger partial charge in [-0.3, -0.25) is 0 Å². The zero-order chi connectivity index (χ0) is 37.5. The van der Waals surface area contributed by atoms with Gasteiger partial charge in [-0.2, -0.15) is 0 Å². The Hall–Kier alpha value is -7.15. The van der Waals surface area contributed by atoms with Gasteiger partial charge in [0, 0.05) is 64.3 Å². The van der Waals surface area contributed by atoms with Crippen LogP contribution in [0.2, 0.25) is 0 Å². The predicted octanol–water partition coefficient (Wildman–Crippen LogP) is 13.7. The topological polar surface area (TPSA) is 56.7 Å². The molecule has 0 fully saturated rings. The number of nitrogens with zero attached hydrogens (tertiary/aromatic N) is 4. The van der Waals surface area contributed by atoms with Crippen LogP contribution in [0, 0.1) is 0 Å². The molecule has 4 aromatic heterocycles. The number of para-hydroxylation sites is 1. The van der Waals surface area contributed by atoms with Crippen LogP contribution in [0.15, 0.2) is 168 Å². The summed E-state index contributed by atoms with van der Waals surface area (Å²) >= 11 is 1.80. The zero-order valence-corrected chi connectivity index (χ0v) is 31.5. The van der Waals surface area contributed by atoms with Crippen molar-refractivity contribution in [2.45, 2.75) is 12.8 Å². The summed E-state index contributed by atoms with van der Waals surface area (Å²) in [5, 5.41) is 6.04. The molecule has 1 aliphatic rings. The van der Waals surface area contributed by atoms with E-state index in [1.807, 2.05) is 36.4 Å². The van der Waals surface area contributed by atoms with Gasteiger partial charge in [0.1, 0.15) is 11.3 Å². The number of benzene rings is 7.